The van der Waals surface area contributed by atoms with Gasteiger partial charge < -0.3 is 20.5 Å². The van der Waals surface area contributed by atoms with Gasteiger partial charge in [0.25, 0.3) is 5.91 Å². The van der Waals surface area contributed by atoms with E-state index in [1.165, 1.54) is 64.2 Å². The van der Waals surface area contributed by atoms with Gasteiger partial charge in [-0.05, 0) is 6.42 Å². The van der Waals surface area contributed by atoms with E-state index >= 15 is 0 Å². The van der Waals surface area contributed by atoms with Crippen LogP contribution in [-0.4, -0.2) is 50.6 Å². The number of Topliss-reactive ketones (excluding diaryl/α,β-unsaturated/α-hetero) is 1. The third kappa shape index (κ3) is 11.7. The number of rotatable bonds is 21. The summed E-state index contributed by atoms with van der Waals surface area (Å²) in [5, 5.41) is 10.0. The lowest BCUT2D eigenvalue weighted by Gasteiger charge is -2.16. The molecule has 11 nitrogen and oxygen atoms in total. The van der Waals surface area contributed by atoms with Gasteiger partial charge >= 0.3 is 7.82 Å². The first-order valence-electron chi connectivity index (χ1n) is 13.6. The highest BCUT2D eigenvalue weighted by atomic mass is 31.2. The number of imidazole rings is 1. The van der Waals surface area contributed by atoms with Gasteiger partial charge in [-0.15, -0.1) is 0 Å². The number of hydrogen-bond acceptors (Lipinski definition) is 8. The fraction of sp³-hybridized carbons (Fsp3) is 0.800. The number of amides is 1. The number of ketones is 1. The van der Waals surface area contributed by atoms with Crippen LogP contribution >= 0.6 is 7.82 Å². The molecular weight excluding hydrogens is 501 g/mol. The number of nitrogens with two attached hydrogens (primary N) is 1. The van der Waals surface area contributed by atoms with Crippen molar-refractivity contribution in [3.63, 3.8) is 0 Å². The molecule has 1 aromatic heterocycles. The zero-order valence-electron chi connectivity index (χ0n) is 22.0. The minimum Gasteiger partial charge on any atom is -0.493 e. The summed E-state index contributed by atoms with van der Waals surface area (Å²) in [5.74, 6) is -1.82. The quantitative estimate of drug-likeness (QED) is 0.140. The molecule has 1 aliphatic heterocycles. The number of aromatic nitrogens is 2. The van der Waals surface area contributed by atoms with Crippen molar-refractivity contribution < 1.29 is 37.9 Å². The standard InChI is InChI=1S/C25H44N3O8P/c1-2-3-4-5-6-7-8-9-10-11-12-13-14-15-16-34-37(32,33)35-18-21-20(29)17-22(36-21)28-19-27-23(24(26)30)25(28)31/h19,21-22,31H,2-18H2,1H3,(H2,26,30)(H,32,33)/t21-,22-/m1/s1. The summed E-state index contributed by atoms with van der Waals surface area (Å²) >= 11 is 0. The van der Waals surface area contributed by atoms with Crippen LogP contribution in [0.4, 0.5) is 0 Å². The third-order valence-electron chi connectivity index (χ3n) is 6.51. The van der Waals surface area contributed by atoms with Crippen LogP contribution in [0.1, 0.15) is 120 Å². The topological polar surface area (TPSA) is 163 Å². The number of phosphoric acid groups is 1. The number of unbranched alkanes of at least 4 members (excludes halogenated alkanes) is 13. The molecule has 1 unspecified atom stereocenters. The molecule has 1 aliphatic rings. The minimum atomic E-state index is -4.33. The second-order valence-electron chi connectivity index (χ2n) is 9.63. The smallest absolute Gasteiger partial charge is 0.472 e. The second kappa shape index (κ2) is 16.9. The third-order valence-corrected chi connectivity index (χ3v) is 7.49. The first-order chi connectivity index (χ1) is 17.7. The van der Waals surface area contributed by atoms with E-state index in [-0.39, 0.29) is 24.5 Å². The van der Waals surface area contributed by atoms with Crippen LogP contribution in [0, 0.1) is 0 Å². The highest BCUT2D eigenvalue weighted by Crippen LogP contribution is 2.44. The van der Waals surface area contributed by atoms with E-state index in [1.54, 1.807) is 0 Å². The van der Waals surface area contributed by atoms with Crippen molar-refractivity contribution in [3.8, 4) is 5.88 Å². The molecule has 2 rings (SSSR count). The normalized spacial score (nSPS) is 19.4. The van der Waals surface area contributed by atoms with E-state index in [0.29, 0.717) is 6.42 Å². The number of phosphoric ester groups is 1. The number of carbonyl (C=O) groups excluding carboxylic acids is 2. The Morgan fingerprint density at radius 1 is 1.05 bits per heavy atom. The molecule has 0 bridgehead atoms. The monoisotopic (exact) mass is 545 g/mol. The number of hydrogen-bond donors (Lipinski definition) is 3. The lowest BCUT2D eigenvalue weighted by atomic mass is 10.0. The Kier molecular flexibility index (Phi) is 14.4. The average Bonchev–Trinajstić information content (AvgIpc) is 3.42. The Hall–Kier alpha value is -1.78. The van der Waals surface area contributed by atoms with Crippen molar-refractivity contribution in [2.45, 2.75) is 116 Å². The molecule has 12 heteroatoms. The van der Waals surface area contributed by atoms with E-state index in [4.69, 9.17) is 19.5 Å². The summed E-state index contributed by atoms with van der Waals surface area (Å²) in [7, 11) is -4.33. The molecule has 212 valence electrons. The number of primary amides is 1. The SMILES string of the molecule is CCCCCCCCCCCCCCCCOP(=O)(O)OC[C@H]1O[C@@H](n2cnc(C(N)=O)c2O)CC1=O. The zero-order chi connectivity index (χ0) is 27.1. The Morgan fingerprint density at radius 3 is 2.11 bits per heavy atom. The Morgan fingerprint density at radius 2 is 1.59 bits per heavy atom. The van der Waals surface area contributed by atoms with Crippen molar-refractivity contribution in [3.05, 3.63) is 12.0 Å². The molecule has 1 saturated heterocycles. The number of ether oxygens (including phenoxy) is 1. The second-order valence-corrected chi connectivity index (χ2v) is 11.1. The van der Waals surface area contributed by atoms with Crippen LogP contribution in [-0.2, 0) is 23.1 Å². The van der Waals surface area contributed by atoms with Gasteiger partial charge in [-0.2, -0.15) is 0 Å². The highest BCUT2D eigenvalue weighted by Gasteiger charge is 2.38. The number of carbonyl (C=O) groups is 2. The predicted octanol–water partition coefficient (Wildman–Crippen LogP) is 5.16. The molecular formula is C25H44N3O8P. The molecule has 1 aromatic rings. The van der Waals surface area contributed by atoms with Gasteiger partial charge in [-0.25, -0.2) is 9.55 Å². The van der Waals surface area contributed by atoms with Crippen molar-refractivity contribution >= 4 is 19.5 Å². The number of aromatic hydroxyl groups is 1. The molecule has 1 fully saturated rings. The summed E-state index contributed by atoms with van der Waals surface area (Å²) in [4.78, 5) is 37.0. The van der Waals surface area contributed by atoms with Crippen molar-refractivity contribution in [1.82, 2.24) is 9.55 Å². The fourth-order valence-electron chi connectivity index (χ4n) is 4.33. The van der Waals surface area contributed by atoms with Crippen LogP contribution in [0.3, 0.4) is 0 Å². The summed E-state index contributed by atoms with van der Waals surface area (Å²) in [6.45, 7) is 1.86. The van der Waals surface area contributed by atoms with Crippen LogP contribution in [0.25, 0.3) is 0 Å². The maximum absolute atomic E-state index is 12.2. The van der Waals surface area contributed by atoms with Crippen LogP contribution in [0.15, 0.2) is 6.33 Å². The van der Waals surface area contributed by atoms with Gasteiger partial charge in [0.1, 0.15) is 18.7 Å². The fourth-order valence-corrected chi connectivity index (χ4v) is 5.09. The summed E-state index contributed by atoms with van der Waals surface area (Å²) in [5.41, 5.74) is 4.78. The molecule has 1 amide bonds. The first kappa shape index (κ1) is 31.4. The van der Waals surface area contributed by atoms with E-state index in [9.17, 15) is 24.2 Å². The van der Waals surface area contributed by atoms with Gasteiger partial charge in [-0.1, -0.05) is 90.4 Å². The van der Waals surface area contributed by atoms with Crippen LogP contribution in [0.2, 0.25) is 0 Å². The molecule has 0 aromatic carbocycles. The van der Waals surface area contributed by atoms with Gasteiger partial charge in [0, 0.05) is 0 Å². The van der Waals surface area contributed by atoms with Crippen LogP contribution < -0.4 is 5.73 Å². The molecule has 3 atom stereocenters. The van der Waals surface area contributed by atoms with Gasteiger partial charge in [0.2, 0.25) is 5.88 Å². The number of nitrogens with zero attached hydrogens (tertiary/aromatic N) is 2. The summed E-state index contributed by atoms with van der Waals surface area (Å²) in [6.07, 6.45) is 15.9. The first-order valence-corrected chi connectivity index (χ1v) is 15.1. The molecule has 0 aliphatic carbocycles. The molecule has 2 heterocycles. The Balaban J connectivity index is 1.51. The molecule has 37 heavy (non-hydrogen) atoms. The van der Waals surface area contributed by atoms with Gasteiger partial charge in [-0.3, -0.25) is 23.2 Å². The lowest BCUT2D eigenvalue weighted by molar-refractivity contribution is -0.124. The van der Waals surface area contributed by atoms with Crippen molar-refractivity contribution in [1.29, 1.82) is 0 Å². The Bertz CT molecular complexity index is 878. The molecule has 0 radical (unpaired) electrons. The largest absolute Gasteiger partial charge is 0.493 e. The average molecular weight is 546 g/mol. The van der Waals surface area contributed by atoms with E-state index in [0.717, 1.165) is 30.2 Å². The highest BCUT2D eigenvalue weighted by molar-refractivity contribution is 7.47. The maximum Gasteiger partial charge on any atom is 0.472 e. The molecule has 0 saturated carbocycles. The lowest BCUT2D eigenvalue weighted by Crippen LogP contribution is -2.22. The van der Waals surface area contributed by atoms with Gasteiger partial charge in [0.15, 0.2) is 11.5 Å². The Labute approximate surface area is 219 Å². The van der Waals surface area contributed by atoms with Crippen LogP contribution in [0.5, 0.6) is 5.88 Å². The van der Waals surface area contributed by atoms with E-state index < -0.39 is 38.5 Å². The summed E-state index contributed by atoms with van der Waals surface area (Å²) in [6, 6.07) is 0. The molecule has 4 N–H and O–H groups in total. The maximum atomic E-state index is 12.2. The van der Waals surface area contributed by atoms with E-state index in [2.05, 4.69) is 11.9 Å². The van der Waals surface area contributed by atoms with Gasteiger partial charge in [0.05, 0.1) is 19.6 Å². The van der Waals surface area contributed by atoms with Crippen molar-refractivity contribution in [2.75, 3.05) is 13.2 Å². The van der Waals surface area contributed by atoms with E-state index in [1.807, 2.05) is 0 Å². The summed E-state index contributed by atoms with van der Waals surface area (Å²) < 4.78 is 28.7. The predicted molar refractivity (Wildman–Crippen MR) is 138 cm³/mol. The molecule has 0 spiro atoms. The minimum absolute atomic E-state index is 0.0900. The zero-order valence-corrected chi connectivity index (χ0v) is 22.9. The van der Waals surface area contributed by atoms with Crippen molar-refractivity contribution in [2.24, 2.45) is 5.73 Å².